The Morgan fingerprint density at radius 2 is 0.711 bits per heavy atom. The van der Waals surface area contributed by atoms with Gasteiger partial charge in [0.05, 0.1) is 39.9 Å². The van der Waals surface area contributed by atoms with Crippen molar-refractivity contribution in [1.29, 1.82) is 0 Å². The molecule has 3 unspecified atom stereocenters. The summed E-state index contributed by atoms with van der Waals surface area (Å²) in [4.78, 5) is 25.6. The molecule has 0 aliphatic rings. The molecule has 0 saturated carbocycles. The minimum atomic E-state index is -4.61. The standard InChI is InChI=1S/C74H143N2O6P/c1-6-8-10-12-14-16-18-20-22-24-26-28-30-32-34-36-37-38-40-41-43-45-47-49-51-53-55-57-59-61-63-65-67-73(77)72(71-82-83(79,80)81-70-69-76(3,4)5)75-74(78)68-66-64-62-60-58-56-54-52-50-48-46-44-42-39-35-33-31-29-27-25-23-21-19-17-15-13-11-9-7-2/h19,21,25,27,57,59,65,67,72-73,77H,6-18,20,22-24,26,28-56,58,60-64,66,68-71H2,1-5H3,(H-,75,78,79,80)/b21-19-,27-25-,59-57+,67-65+. The molecule has 2 N–H and O–H groups in total. The van der Waals surface area contributed by atoms with Crippen LogP contribution in [0.2, 0.25) is 0 Å². The summed E-state index contributed by atoms with van der Waals surface area (Å²) in [5, 5.41) is 14.0. The van der Waals surface area contributed by atoms with Crippen molar-refractivity contribution in [3.8, 4) is 0 Å². The summed E-state index contributed by atoms with van der Waals surface area (Å²) < 4.78 is 23.5. The van der Waals surface area contributed by atoms with Gasteiger partial charge in [0.25, 0.3) is 7.82 Å². The van der Waals surface area contributed by atoms with Gasteiger partial charge in [0.1, 0.15) is 13.2 Å². The lowest BCUT2D eigenvalue weighted by Gasteiger charge is -2.29. The molecule has 0 aromatic carbocycles. The number of likely N-dealkylation sites (N-methyl/N-ethyl adjacent to an activating group) is 1. The van der Waals surface area contributed by atoms with E-state index >= 15 is 0 Å². The molecular weight excluding hydrogens is 1040 g/mol. The van der Waals surface area contributed by atoms with Crippen LogP contribution in [0.4, 0.5) is 0 Å². The van der Waals surface area contributed by atoms with Gasteiger partial charge in [-0.2, -0.15) is 0 Å². The first-order valence-electron chi connectivity index (χ1n) is 36.5. The second-order valence-electron chi connectivity index (χ2n) is 26.3. The normalized spacial score (nSPS) is 13.9. The quantitative estimate of drug-likeness (QED) is 0.0272. The summed E-state index contributed by atoms with van der Waals surface area (Å²) in [6.45, 7) is 4.67. The number of carbonyl (C=O) groups excluding carboxylic acids is 1. The van der Waals surface area contributed by atoms with E-state index in [9.17, 15) is 19.4 Å². The van der Waals surface area contributed by atoms with Gasteiger partial charge in [-0.1, -0.05) is 345 Å². The number of nitrogens with zero attached hydrogens (tertiary/aromatic N) is 1. The molecule has 0 aromatic rings. The van der Waals surface area contributed by atoms with E-state index in [1.54, 1.807) is 6.08 Å². The van der Waals surface area contributed by atoms with Crippen LogP contribution in [0.5, 0.6) is 0 Å². The molecular formula is C74H143N2O6P. The fraction of sp³-hybridized carbons (Fsp3) is 0.878. The molecule has 490 valence electrons. The Balaban J connectivity index is 4.06. The Hall–Kier alpha value is -1.54. The summed E-state index contributed by atoms with van der Waals surface area (Å²) in [5.74, 6) is -0.201. The number of hydrogen-bond acceptors (Lipinski definition) is 6. The number of phosphoric acid groups is 1. The van der Waals surface area contributed by atoms with E-state index in [1.807, 2.05) is 27.2 Å². The molecule has 83 heavy (non-hydrogen) atoms. The van der Waals surface area contributed by atoms with E-state index in [0.29, 0.717) is 17.4 Å². The molecule has 8 nitrogen and oxygen atoms in total. The SMILES string of the molecule is CCCCCCC/C=C\C/C=C\CCCCCCCCCCCCCCCCCCCC(=O)NC(COP(=O)([O-])OCC[N+](C)(C)C)C(O)/C=C/CC/C=C/CCCCCCCCCCCCCCCCCCCCCCCCCCCC. The molecule has 0 bridgehead atoms. The van der Waals surface area contributed by atoms with Crippen molar-refractivity contribution in [2.45, 2.75) is 379 Å². The molecule has 3 atom stereocenters. The maximum absolute atomic E-state index is 13.0. The van der Waals surface area contributed by atoms with E-state index in [0.717, 1.165) is 44.9 Å². The van der Waals surface area contributed by atoms with E-state index in [1.165, 1.54) is 302 Å². The first kappa shape index (κ1) is 81.5. The average Bonchev–Trinajstić information content (AvgIpc) is 3.50. The Morgan fingerprint density at radius 1 is 0.422 bits per heavy atom. The molecule has 0 spiro atoms. The smallest absolute Gasteiger partial charge is 0.268 e. The zero-order valence-corrected chi connectivity index (χ0v) is 57.1. The van der Waals surface area contributed by atoms with Crippen LogP contribution in [0.3, 0.4) is 0 Å². The Kier molecular flexibility index (Phi) is 63.7. The van der Waals surface area contributed by atoms with Crippen molar-refractivity contribution >= 4 is 13.7 Å². The van der Waals surface area contributed by atoms with Crippen molar-refractivity contribution in [2.24, 2.45) is 0 Å². The minimum Gasteiger partial charge on any atom is -0.756 e. The van der Waals surface area contributed by atoms with Gasteiger partial charge in [-0.3, -0.25) is 9.36 Å². The largest absolute Gasteiger partial charge is 0.756 e. The minimum absolute atomic E-state index is 0.00557. The van der Waals surface area contributed by atoms with Gasteiger partial charge in [-0.25, -0.2) is 0 Å². The molecule has 0 fully saturated rings. The third kappa shape index (κ3) is 67.8. The highest BCUT2D eigenvalue weighted by atomic mass is 31.2. The third-order valence-corrected chi connectivity index (χ3v) is 17.7. The highest BCUT2D eigenvalue weighted by molar-refractivity contribution is 7.45. The lowest BCUT2D eigenvalue weighted by atomic mass is 10.0. The summed E-state index contributed by atoms with van der Waals surface area (Å²) >= 11 is 0. The fourth-order valence-electron chi connectivity index (χ4n) is 11.1. The van der Waals surface area contributed by atoms with Gasteiger partial charge >= 0.3 is 0 Å². The summed E-state index contributed by atoms with van der Waals surface area (Å²) in [5.41, 5.74) is 0. The third-order valence-electron chi connectivity index (χ3n) is 16.8. The van der Waals surface area contributed by atoms with Crippen LogP contribution >= 0.6 is 7.82 Å². The molecule has 9 heteroatoms. The molecule has 0 heterocycles. The van der Waals surface area contributed by atoms with Gasteiger partial charge in [0.2, 0.25) is 5.91 Å². The van der Waals surface area contributed by atoms with Crippen LogP contribution in [0.25, 0.3) is 0 Å². The van der Waals surface area contributed by atoms with Crippen LogP contribution in [0.1, 0.15) is 367 Å². The number of phosphoric ester groups is 1. The lowest BCUT2D eigenvalue weighted by Crippen LogP contribution is -2.45. The van der Waals surface area contributed by atoms with Gasteiger partial charge < -0.3 is 28.8 Å². The number of allylic oxidation sites excluding steroid dienone is 7. The van der Waals surface area contributed by atoms with Crippen molar-refractivity contribution in [3.05, 3.63) is 48.6 Å². The number of nitrogens with one attached hydrogen (secondary N) is 1. The van der Waals surface area contributed by atoms with Crippen LogP contribution in [0, 0.1) is 0 Å². The second-order valence-corrected chi connectivity index (χ2v) is 27.7. The van der Waals surface area contributed by atoms with Gasteiger partial charge in [-0.15, -0.1) is 0 Å². The number of aliphatic hydroxyl groups excluding tert-OH is 1. The predicted molar refractivity (Wildman–Crippen MR) is 362 cm³/mol. The van der Waals surface area contributed by atoms with E-state index in [-0.39, 0.29) is 12.5 Å². The topological polar surface area (TPSA) is 108 Å². The van der Waals surface area contributed by atoms with Crippen LogP contribution in [-0.2, 0) is 18.4 Å². The van der Waals surface area contributed by atoms with E-state index in [2.05, 4.69) is 55.6 Å². The van der Waals surface area contributed by atoms with Crippen molar-refractivity contribution in [1.82, 2.24) is 5.32 Å². The Bertz CT molecular complexity index is 1490. The monoisotopic (exact) mass is 1190 g/mol. The van der Waals surface area contributed by atoms with Crippen molar-refractivity contribution < 1.29 is 32.9 Å². The molecule has 0 radical (unpaired) electrons. The lowest BCUT2D eigenvalue weighted by molar-refractivity contribution is -0.870. The first-order chi connectivity index (χ1) is 40.5. The van der Waals surface area contributed by atoms with Gasteiger partial charge in [0, 0.05) is 6.42 Å². The van der Waals surface area contributed by atoms with E-state index < -0.39 is 26.6 Å². The summed E-state index contributed by atoms with van der Waals surface area (Å²) in [6, 6.07) is -0.905. The van der Waals surface area contributed by atoms with Crippen molar-refractivity contribution in [3.63, 3.8) is 0 Å². The average molecular weight is 1190 g/mol. The Morgan fingerprint density at radius 3 is 1.05 bits per heavy atom. The maximum atomic E-state index is 13.0. The highest BCUT2D eigenvalue weighted by Gasteiger charge is 2.23. The van der Waals surface area contributed by atoms with Gasteiger partial charge in [0.15, 0.2) is 0 Å². The van der Waals surface area contributed by atoms with Crippen LogP contribution < -0.4 is 10.2 Å². The molecule has 0 aliphatic carbocycles. The number of rotatable bonds is 68. The summed E-state index contributed by atoms with van der Waals surface area (Å²) in [6.07, 6.45) is 88.3. The second kappa shape index (κ2) is 64.9. The molecule has 0 saturated heterocycles. The van der Waals surface area contributed by atoms with Crippen molar-refractivity contribution in [2.75, 3.05) is 40.9 Å². The van der Waals surface area contributed by atoms with Crippen LogP contribution in [-0.4, -0.2) is 68.5 Å². The predicted octanol–water partition coefficient (Wildman–Crippen LogP) is 22.8. The molecule has 0 rings (SSSR count). The number of aliphatic hydroxyl groups is 1. The highest BCUT2D eigenvalue weighted by Crippen LogP contribution is 2.38. The number of carbonyl (C=O) groups is 1. The van der Waals surface area contributed by atoms with Crippen LogP contribution in [0.15, 0.2) is 48.6 Å². The number of hydrogen-bond donors (Lipinski definition) is 2. The zero-order chi connectivity index (χ0) is 60.5. The molecule has 0 aliphatic heterocycles. The zero-order valence-electron chi connectivity index (χ0n) is 56.2. The molecule has 1 amide bonds. The number of amides is 1. The fourth-order valence-corrected chi connectivity index (χ4v) is 11.8. The van der Waals surface area contributed by atoms with Gasteiger partial charge in [-0.05, 0) is 64.2 Å². The summed E-state index contributed by atoms with van der Waals surface area (Å²) in [7, 11) is 1.26. The number of unbranched alkanes of at least 4 members (excludes halogenated alkanes) is 49. The first-order valence-corrected chi connectivity index (χ1v) is 38.0. The number of quaternary nitrogens is 1. The molecule has 0 aromatic heterocycles. The maximum Gasteiger partial charge on any atom is 0.268 e. The Labute approximate surface area is 518 Å². The van der Waals surface area contributed by atoms with E-state index in [4.69, 9.17) is 9.05 Å².